The Hall–Kier alpha value is -2.12. The molecular weight excluding hydrogens is 1170 g/mol. The van der Waals surface area contributed by atoms with Crippen molar-refractivity contribution in [3.8, 4) is 0 Å². The van der Waals surface area contributed by atoms with E-state index in [0.29, 0.717) is 11.3 Å². The molecule has 16 rings (SSSR count). The largest absolute Gasteiger partial charge is 0.462 e. The molecule has 26 unspecified atom stereocenters. The number of rotatable bonds is 12. The molecule has 1 spiro atoms. The fraction of sp³-hybridized carbons (Fsp3) is 0.954. The molecule has 26 atom stereocenters. The molecule has 16 aliphatic carbocycles. The lowest BCUT2D eigenvalue weighted by Gasteiger charge is -2.55. The van der Waals surface area contributed by atoms with Crippen LogP contribution in [-0.4, -0.2) is 48.3 Å². The summed E-state index contributed by atoms with van der Waals surface area (Å²) in [6.45, 7) is 24.5. The maximum Gasteiger partial charge on any atom is 0.311 e. The highest BCUT2D eigenvalue weighted by atomic mass is 16.6. The zero-order chi connectivity index (χ0) is 66.9. The van der Waals surface area contributed by atoms with Gasteiger partial charge in [-0.05, 0) is 396 Å². The van der Waals surface area contributed by atoms with Crippen LogP contribution in [0.2, 0.25) is 0 Å². The summed E-state index contributed by atoms with van der Waals surface area (Å²) in [4.78, 5) is 50.0. The van der Waals surface area contributed by atoms with Crippen LogP contribution in [0.15, 0.2) is 0 Å². The van der Waals surface area contributed by atoms with Gasteiger partial charge in [0.1, 0.15) is 24.4 Å². The molecule has 0 N–H and O–H groups in total. The first-order valence-electron chi connectivity index (χ1n) is 42.3. The summed E-state index contributed by atoms with van der Waals surface area (Å²) in [5.41, 5.74) is -0.777. The third-order valence-electron chi connectivity index (χ3n) is 33.7. The van der Waals surface area contributed by atoms with Crippen LogP contribution in [0.3, 0.4) is 0 Å². The zero-order valence-corrected chi connectivity index (χ0v) is 63.1. The summed E-state index contributed by atoms with van der Waals surface area (Å²) in [7, 11) is 0. The third-order valence-corrected chi connectivity index (χ3v) is 33.7. The standard InChI is InChI=1S/C24H40O2.C23H34O2.C23H38O2.C17H30O2/c1-4-24(2,3)23(25)26-18-12-9-17-11-13-20-19-8-6-5-7-16(19)10-14-21(20)22(17)15-18;1-4-23(2,3)22(24)25-17-9-13-8-14(17)21-16-10-15(20(13)21)18-11-5-6-12(7-11)19(16)18;1-4-23(2,3)22(24)25-17-11-8-16-10-12-19-18-7-5-6-15(18)9-13-20(19)21(16)14-17;1-4-16(2,3)15(18)19-14-9-8-12-17(13-14)10-6-5-7-11-17/h16-22H,4-15H2,1-3H3;11-21H,4-10H2,1-3H3;15-21H,4-14H2,1-3H3;14H,4-13H2,1-3H3. The molecule has 8 heteroatoms. The van der Waals surface area contributed by atoms with Crippen LogP contribution in [0.4, 0.5) is 0 Å². The van der Waals surface area contributed by atoms with Crippen LogP contribution in [0.5, 0.6) is 0 Å². The summed E-state index contributed by atoms with van der Waals surface area (Å²) < 4.78 is 24.1. The van der Waals surface area contributed by atoms with Crippen molar-refractivity contribution in [2.75, 3.05) is 0 Å². The van der Waals surface area contributed by atoms with E-state index in [1.165, 1.54) is 173 Å². The molecule has 0 aromatic heterocycles. The summed E-state index contributed by atoms with van der Waals surface area (Å²) in [6.07, 6.45) is 54.1. The van der Waals surface area contributed by atoms with E-state index in [-0.39, 0.29) is 70.0 Å². The SMILES string of the molecule is CCC(C)(C)C(=O)OC1CC2CC1C1C3CC(C4C5CCC(C5)C34)C21.CCC(C)(C)C(=O)OC1CCC2CCC3C4CCCC4CCC3C2C1.CCC(C)(C)C(=O)OC1CCC2CCC3C4CCCCC4CCC3C2C1.CCC(C)(C)C(=O)OC1CCCC2(CCCCC2)C1. The van der Waals surface area contributed by atoms with Crippen molar-refractivity contribution in [1.82, 2.24) is 0 Å². The Bertz CT molecular complexity index is 2620. The van der Waals surface area contributed by atoms with E-state index in [9.17, 15) is 19.2 Å². The van der Waals surface area contributed by atoms with Crippen molar-refractivity contribution in [1.29, 1.82) is 0 Å². The third kappa shape index (κ3) is 14.3. The normalized spacial score (nSPS) is 43.7. The summed E-state index contributed by atoms with van der Waals surface area (Å²) in [5.74, 6) is 21.7. The number of esters is 4. The van der Waals surface area contributed by atoms with Crippen molar-refractivity contribution < 1.29 is 38.1 Å². The smallest absolute Gasteiger partial charge is 0.311 e. The first kappa shape index (κ1) is 71.3. The van der Waals surface area contributed by atoms with Gasteiger partial charge in [-0.2, -0.15) is 0 Å². The minimum atomic E-state index is -0.327. The highest BCUT2D eigenvalue weighted by molar-refractivity contribution is 5.77. The summed E-state index contributed by atoms with van der Waals surface area (Å²) in [5, 5.41) is 0. The number of carbonyl (C=O) groups excluding carboxylic acids is 4. The molecular formula is C87H142O8. The van der Waals surface area contributed by atoms with Crippen molar-refractivity contribution >= 4 is 23.9 Å². The minimum absolute atomic E-state index is 0.00728. The molecule has 0 heterocycles. The van der Waals surface area contributed by atoms with Crippen LogP contribution in [0, 0.1) is 157 Å². The van der Waals surface area contributed by atoms with Gasteiger partial charge in [0.2, 0.25) is 0 Å². The Balaban J connectivity index is 0.000000116. The van der Waals surface area contributed by atoms with Gasteiger partial charge in [0, 0.05) is 0 Å². The second-order valence-corrected chi connectivity index (χ2v) is 39.7. The lowest BCUT2D eigenvalue weighted by Crippen LogP contribution is -2.47. The predicted octanol–water partition coefficient (Wildman–Crippen LogP) is 22.1. The Kier molecular flexibility index (Phi) is 21.7. The van der Waals surface area contributed by atoms with E-state index in [2.05, 4.69) is 27.7 Å². The van der Waals surface area contributed by atoms with Crippen molar-refractivity contribution in [2.24, 2.45) is 157 Å². The highest BCUT2D eigenvalue weighted by Gasteiger charge is 2.72. The molecule has 8 nitrogen and oxygen atoms in total. The molecule has 95 heavy (non-hydrogen) atoms. The molecule has 0 aromatic carbocycles. The molecule has 538 valence electrons. The van der Waals surface area contributed by atoms with E-state index in [0.717, 1.165) is 188 Å². The van der Waals surface area contributed by atoms with Gasteiger partial charge in [-0.3, -0.25) is 19.2 Å². The second-order valence-electron chi connectivity index (χ2n) is 39.7. The summed E-state index contributed by atoms with van der Waals surface area (Å²) in [6, 6.07) is 0. The summed E-state index contributed by atoms with van der Waals surface area (Å²) >= 11 is 0. The number of hydrogen-bond donors (Lipinski definition) is 0. The maximum atomic E-state index is 12.6. The molecule has 16 aliphatic rings. The minimum Gasteiger partial charge on any atom is -0.462 e. The van der Waals surface area contributed by atoms with Gasteiger partial charge >= 0.3 is 23.9 Å². The first-order valence-corrected chi connectivity index (χ1v) is 42.3. The first-order chi connectivity index (χ1) is 45.5. The van der Waals surface area contributed by atoms with Gasteiger partial charge in [0.25, 0.3) is 0 Å². The number of fused-ring (bicyclic) bond motifs is 26. The van der Waals surface area contributed by atoms with Crippen LogP contribution in [0.25, 0.3) is 0 Å². The van der Waals surface area contributed by atoms with Crippen LogP contribution >= 0.6 is 0 Å². The highest BCUT2D eigenvalue weighted by Crippen LogP contribution is 2.77. The number of ether oxygens (including phenoxy) is 4. The Morgan fingerprint density at radius 3 is 1.18 bits per heavy atom. The van der Waals surface area contributed by atoms with Gasteiger partial charge in [-0.25, -0.2) is 0 Å². The number of carbonyl (C=O) groups is 4. The lowest BCUT2D eigenvalue weighted by atomic mass is 9.51. The Morgan fingerprint density at radius 1 is 0.284 bits per heavy atom. The van der Waals surface area contributed by atoms with E-state index in [4.69, 9.17) is 18.9 Å². The monoisotopic (exact) mass is 1320 g/mol. The average molecular weight is 1320 g/mol. The molecule has 16 fully saturated rings. The predicted molar refractivity (Wildman–Crippen MR) is 381 cm³/mol. The zero-order valence-electron chi connectivity index (χ0n) is 63.1. The van der Waals surface area contributed by atoms with Gasteiger partial charge < -0.3 is 18.9 Å². The molecule has 0 saturated heterocycles. The van der Waals surface area contributed by atoms with Crippen LogP contribution < -0.4 is 0 Å². The second kappa shape index (κ2) is 29.0. The van der Waals surface area contributed by atoms with Gasteiger partial charge in [0.15, 0.2) is 0 Å². The quantitative estimate of drug-likeness (QED) is 0.108. The molecule has 0 aromatic rings. The number of hydrogen-bond acceptors (Lipinski definition) is 8. The van der Waals surface area contributed by atoms with Crippen molar-refractivity contribution in [3.05, 3.63) is 0 Å². The molecule has 0 amide bonds. The van der Waals surface area contributed by atoms with E-state index in [1.807, 2.05) is 55.4 Å². The topological polar surface area (TPSA) is 105 Å². The van der Waals surface area contributed by atoms with Gasteiger partial charge in [0.05, 0.1) is 21.7 Å². The average Bonchev–Trinajstić information content (AvgIpc) is 1.51. The van der Waals surface area contributed by atoms with E-state index >= 15 is 0 Å². The molecule has 0 aliphatic heterocycles. The Labute approximate surface area is 580 Å². The van der Waals surface area contributed by atoms with Gasteiger partial charge in [-0.15, -0.1) is 0 Å². The Morgan fingerprint density at radius 2 is 0.674 bits per heavy atom. The fourth-order valence-electron chi connectivity index (χ4n) is 27.1. The lowest BCUT2D eigenvalue weighted by molar-refractivity contribution is -0.166. The maximum absolute atomic E-state index is 12.6. The molecule has 16 saturated carbocycles. The van der Waals surface area contributed by atoms with Crippen molar-refractivity contribution in [3.63, 3.8) is 0 Å². The molecule has 6 bridgehead atoms. The van der Waals surface area contributed by atoms with Crippen LogP contribution in [-0.2, 0) is 38.1 Å². The fourth-order valence-corrected chi connectivity index (χ4v) is 27.1. The van der Waals surface area contributed by atoms with E-state index < -0.39 is 0 Å². The van der Waals surface area contributed by atoms with E-state index in [1.54, 1.807) is 19.3 Å². The molecule has 0 radical (unpaired) electrons. The van der Waals surface area contributed by atoms with Gasteiger partial charge in [-0.1, -0.05) is 79.1 Å². The van der Waals surface area contributed by atoms with Crippen LogP contribution in [0.1, 0.15) is 340 Å². The van der Waals surface area contributed by atoms with Crippen molar-refractivity contribution in [2.45, 2.75) is 364 Å².